The van der Waals surface area contributed by atoms with Gasteiger partial charge >= 0.3 is 0 Å². The van der Waals surface area contributed by atoms with Crippen LogP contribution < -0.4 is 5.32 Å². The van der Waals surface area contributed by atoms with Crippen LogP contribution in [-0.4, -0.2) is 22.8 Å². The smallest absolute Gasteiger partial charge is 0.133 e. The van der Waals surface area contributed by atoms with Crippen molar-refractivity contribution in [1.29, 1.82) is 0 Å². The van der Waals surface area contributed by atoms with Gasteiger partial charge in [-0.3, -0.25) is 0 Å². The largest absolute Gasteiger partial charge is 0.370 e. The maximum absolute atomic E-state index is 4.15. The highest BCUT2D eigenvalue weighted by molar-refractivity contribution is 7.98. The number of aromatic nitrogens is 2. The summed E-state index contributed by atoms with van der Waals surface area (Å²) in [6.07, 6.45) is 3.61. The molecular formula is C8H13N3S. The normalized spacial score (nSPS) is 9.92. The van der Waals surface area contributed by atoms with Crippen molar-refractivity contribution in [2.24, 2.45) is 0 Å². The van der Waals surface area contributed by atoms with Crippen LogP contribution in [0.2, 0.25) is 0 Å². The summed E-state index contributed by atoms with van der Waals surface area (Å²) in [4.78, 5) is 8.29. The number of anilines is 1. The Morgan fingerprint density at radius 2 is 2.25 bits per heavy atom. The predicted octanol–water partition coefficient (Wildman–Crippen LogP) is 1.94. The fourth-order valence-electron chi connectivity index (χ4n) is 0.985. The Kier molecular flexibility index (Phi) is 3.34. The van der Waals surface area contributed by atoms with E-state index in [-0.39, 0.29) is 0 Å². The van der Waals surface area contributed by atoms with Gasteiger partial charge in [0.2, 0.25) is 0 Å². The molecule has 0 aliphatic heterocycles. The Balaban J connectivity index is 2.97. The van der Waals surface area contributed by atoms with Crippen molar-refractivity contribution in [2.45, 2.75) is 18.9 Å². The van der Waals surface area contributed by atoms with E-state index in [1.807, 2.05) is 13.2 Å². The van der Waals surface area contributed by atoms with Crippen molar-refractivity contribution in [3.05, 3.63) is 11.9 Å². The van der Waals surface area contributed by atoms with Crippen LogP contribution >= 0.6 is 11.8 Å². The number of nitrogens with one attached hydrogen (secondary N) is 1. The molecule has 12 heavy (non-hydrogen) atoms. The molecule has 0 amide bonds. The molecule has 0 spiro atoms. The summed E-state index contributed by atoms with van der Waals surface area (Å²) in [7, 11) is 0. The number of nitrogens with zero attached hydrogens (tertiary/aromatic N) is 2. The highest BCUT2D eigenvalue weighted by Gasteiger charge is 2.03. The standard InChI is InChI=1S/C8H13N3S/c1-4-9-7-6(2)8(12-3)11-5-10-7/h5H,4H2,1-3H3,(H,9,10,11). The SMILES string of the molecule is CCNc1ncnc(SC)c1C. The van der Waals surface area contributed by atoms with E-state index in [4.69, 9.17) is 0 Å². The predicted molar refractivity (Wildman–Crippen MR) is 52.7 cm³/mol. The van der Waals surface area contributed by atoms with Crippen molar-refractivity contribution in [1.82, 2.24) is 9.97 Å². The van der Waals surface area contributed by atoms with Crippen molar-refractivity contribution in [3.63, 3.8) is 0 Å². The minimum atomic E-state index is 0.895. The van der Waals surface area contributed by atoms with Gasteiger partial charge in [-0.2, -0.15) is 0 Å². The molecule has 0 aromatic carbocycles. The van der Waals surface area contributed by atoms with Gasteiger partial charge in [0.1, 0.15) is 17.2 Å². The van der Waals surface area contributed by atoms with E-state index in [1.54, 1.807) is 18.1 Å². The molecular weight excluding hydrogens is 170 g/mol. The third-order valence-corrected chi connectivity index (χ3v) is 2.37. The molecule has 0 unspecified atom stereocenters. The maximum Gasteiger partial charge on any atom is 0.133 e. The second-order valence-electron chi connectivity index (χ2n) is 2.39. The molecule has 0 aliphatic carbocycles. The van der Waals surface area contributed by atoms with Gasteiger partial charge in [-0.1, -0.05) is 0 Å². The molecule has 0 aliphatic rings. The molecule has 0 saturated heterocycles. The second kappa shape index (κ2) is 4.30. The fraction of sp³-hybridized carbons (Fsp3) is 0.500. The molecule has 66 valence electrons. The van der Waals surface area contributed by atoms with Crippen LogP contribution in [0.15, 0.2) is 11.4 Å². The molecule has 1 rings (SSSR count). The van der Waals surface area contributed by atoms with Crippen LogP contribution in [0.1, 0.15) is 12.5 Å². The average Bonchev–Trinajstić information content (AvgIpc) is 2.09. The molecule has 4 heteroatoms. The second-order valence-corrected chi connectivity index (χ2v) is 3.18. The van der Waals surface area contributed by atoms with Crippen molar-refractivity contribution < 1.29 is 0 Å². The van der Waals surface area contributed by atoms with Crippen LogP contribution in [0.5, 0.6) is 0 Å². The van der Waals surface area contributed by atoms with Gasteiger partial charge in [-0.15, -0.1) is 11.8 Å². The Morgan fingerprint density at radius 3 is 2.83 bits per heavy atom. The Bertz CT molecular complexity index is 262. The molecule has 3 nitrogen and oxygen atoms in total. The number of thioether (sulfide) groups is 1. The van der Waals surface area contributed by atoms with Gasteiger partial charge < -0.3 is 5.32 Å². The van der Waals surface area contributed by atoms with Gasteiger partial charge in [0.25, 0.3) is 0 Å². The van der Waals surface area contributed by atoms with Crippen LogP contribution in [0.3, 0.4) is 0 Å². The molecule has 0 fully saturated rings. The van der Waals surface area contributed by atoms with E-state index in [0.717, 1.165) is 23.0 Å². The Morgan fingerprint density at radius 1 is 1.50 bits per heavy atom. The van der Waals surface area contributed by atoms with E-state index in [9.17, 15) is 0 Å². The lowest BCUT2D eigenvalue weighted by Gasteiger charge is -2.07. The number of rotatable bonds is 3. The molecule has 1 aromatic rings. The lowest BCUT2D eigenvalue weighted by Crippen LogP contribution is -2.03. The topological polar surface area (TPSA) is 37.8 Å². The summed E-state index contributed by atoms with van der Waals surface area (Å²) in [5.74, 6) is 0.942. The lowest BCUT2D eigenvalue weighted by molar-refractivity contribution is 0.993. The zero-order valence-electron chi connectivity index (χ0n) is 7.59. The molecule has 1 N–H and O–H groups in total. The maximum atomic E-state index is 4.15. The van der Waals surface area contributed by atoms with Crippen molar-refractivity contribution in [2.75, 3.05) is 18.1 Å². The molecule has 0 bridgehead atoms. The molecule has 0 atom stereocenters. The number of hydrogen-bond acceptors (Lipinski definition) is 4. The summed E-state index contributed by atoms with van der Waals surface area (Å²) in [5.41, 5.74) is 1.13. The van der Waals surface area contributed by atoms with E-state index in [1.165, 1.54) is 0 Å². The van der Waals surface area contributed by atoms with Crippen LogP contribution in [0.25, 0.3) is 0 Å². The van der Waals surface area contributed by atoms with Crippen molar-refractivity contribution >= 4 is 17.6 Å². The molecule has 0 radical (unpaired) electrons. The summed E-state index contributed by atoms with van der Waals surface area (Å²) in [6, 6.07) is 0. The van der Waals surface area contributed by atoms with Crippen LogP contribution in [0.4, 0.5) is 5.82 Å². The van der Waals surface area contributed by atoms with Crippen LogP contribution in [0, 0.1) is 6.92 Å². The Labute approximate surface area is 77.0 Å². The van der Waals surface area contributed by atoms with E-state index >= 15 is 0 Å². The average molecular weight is 183 g/mol. The van der Waals surface area contributed by atoms with E-state index in [2.05, 4.69) is 22.2 Å². The quantitative estimate of drug-likeness (QED) is 0.574. The zero-order valence-corrected chi connectivity index (χ0v) is 8.40. The van der Waals surface area contributed by atoms with Crippen molar-refractivity contribution in [3.8, 4) is 0 Å². The summed E-state index contributed by atoms with van der Waals surface area (Å²) < 4.78 is 0. The summed E-state index contributed by atoms with van der Waals surface area (Å²) in [6.45, 7) is 4.98. The van der Waals surface area contributed by atoms with Gasteiger partial charge in [0, 0.05) is 12.1 Å². The first-order chi connectivity index (χ1) is 5.79. The fourth-order valence-corrected chi connectivity index (χ4v) is 1.54. The van der Waals surface area contributed by atoms with E-state index < -0.39 is 0 Å². The molecule has 1 heterocycles. The Hall–Kier alpha value is -0.770. The van der Waals surface area contributed by atoms with Gasteiger partial charge in [0.15, 0.2) is 0 Å². The first kappa shape index (κ1) is 9.32. The zero-order chi connectivity index (χ0) is 8.97. The lowest BCUT2D eigenvalue weighted by atomic mass is 10.3. The molecule has 0 saturated carbocycles. The van der Waals surface area contributed by atoms with Gasteiger partial charge in [0.05, 0.1) is 0 Å². The van der Waals surface area contributed by atoms with Gasteiger partial charge in [-0.05, 0) is 20.1 Å². The third kappa shape index (κ3) is 1.88. The highest BCUT2D eigenvalue weighted by Crippen LogP contribution is 2.20. The monoisotopic (exact) mass is 183 g/mol. The summed E-state index contributed by atoms with van der Waals surface area (Å²) >= 11 is 1.64. The number of hydrogen-bond donors (Lipinski definition) is 1. The first-order valence-corrected chi connectivity index (χ1v) is 5.11. The minimum absolute atomic E-state index is 0.895. The van der Waals surface area contributed by atoms with Gasteiger partial charge in [-0.25, -0.2) is 9.97 Å². The minimum Gasteiger partial charge on any atom is -0.370 e. The van der Waals surface area contributed by atoms with E-state index in [0.29, 0.717) is 0 Å². The highest BCUT2D eigenvalue weighted by atomic mass is 32.2. The first-order valence-electron chi connectivity index (χ1n) is 3.89. The third-order valence-electron chi connectivity index (χ3n) is 1.58. The van der Waals surface area contributed by atoms with Crippen LogP contribution in [-0.2, 0) is 0 Å². The summed E-state index contributed by atoms with van der Waals surface area (Å²) in [5, 5.41) is 4.23. The molecule has 1 aromatic heterocycles.